The van der Waals surface area contributed by atoms with Crippen LogP contribution in [0, 0.1) is 17.8 Å². The zero-order valence-corrected chi connectivity index (χ0v) is 20.8. The summed E-state index contributed by atoms with van der Waals surface area (Å²) in [7, 11) is 0. The van der Waals surface area contributed by atoms with E-state index in [4.69, 9.17) is 0 Å². The van der Waals surface area contributed by atoms with Crippen molar-refractivity contribution in [3.63, 3.8) is 0 Å². The Kier molecular flexibility index (Phi) is 8.89. The Balaban J connectivity index is 1.18. The maximum absolute atomic E-state index is 2.46. The summed E-state index contributed by atoms with van der Waals surface area (Å²) in [4.78, 5) is 0. The summed E-state index contributed by atoms with van der Waals surface area (Å²) in [6.07, 6.45) is 18.4. The third-order valence-electron chi connectivity index (χ3n) is 8.86. The first kappa shape index (κ1) is 23.6. The summed E-state index contributed by atoms with van der Waals surface area (Å²) >= 11 is 0. The van der Waals surface area contributed by atoms with Gasteiger partial charge in [-0.25, -0.2) is 0 Å². The van der Waals surface area contributed by atoms with Crippen LogP contribution in [-0.2, 0) is 6.42 Å². The van der Waals surface area contributed by atoms with Gasteiger partial charge in [0.15, 0.2) is 0 Å². The van der Waals surface area contributed by atoms with E-state index in [9.17, 15) is 0 Å². The molecule has 4 rings (SSSR count). The van der Waals surface area contributed by atoms with Crippen LogP contribution in [0.25, 0.3) is 0 Å². The predicted octanol–water partition coefficient (Wildman–Crippen LogP) is 9.69. The largest absolute Gasteiger partial charge is 0.0654 e. The molecule has 2 aliphatic rings. The van der Waals surface area contributed by atoms with Gasteiger partial charge in [0.05, 0.1) is 0 Å². The number of benzene rings is 2. The van der Waals surface area contributed by atoms with Crippen LogP contribution in [0.4, 0.5) is 0 Å². The second kappa shape index (κ2) is 12.1. The van der Waals surface area contributed by atoms with Crippen molar-refractivity contribution in [1.82, 2.24) is 0 Å². The van der Waals surface area contributed by atoms with Crippen LogP contribution in [0.1, 0.15) is 119 Å². The summed E-state index contributed by atoms with van der Waals surface area (Å²) in [5.74, 6) is 4.41. The van der Waals surface area contributed by atoms with Gasteiger partial charge in [-0.1, -0.05) is 107 Å². The van der Waals surface area contributed by atoms with Crippen LogP contribution in [0.2, 0.25) is 0 Å². The van der Waals surface area contributed by atoms with Crippen molar-refractivity contribution in [3.8, 4) is 0 Å². The summed E-state index contributed by atoms with van der Waals surface area (Å²) in [5, 5.41) is 0. The van der Waals surface area contributed by atoms with Crippen molar-refractivity contribution < 1.29 is 0 Å². The van der Waals surface area contributed by atoms with E-state index in [0.717, 1.165) is 23.7 Å². The van der Waals surface area contributed by atoms with Crippen LogP contribution < -0.4 is 0 Å². The highest BCUT2D eigenvalue weighted by Crippen LogP contribution is 2.40. The molecule has 2 aromatic carbocycles. The molecule has 0 spiro atoms. The minimum absolute atomic E-state index is 0.693. The minimum atomic E-state index is 0.693. The molecule has 2 aromatic rings. The molecular weight excluding hydrogens is 384 g/mol. The third kappa shape index (κ3) is 6.72. The molecule has 0 amide bonds. The topological polar surface area (TPSA) is 0 Å². The van der Waals surface area contributed by atoms with Crippen molar-refractivity contribution in [2.45, 2.75) is 109 Å². The maximum Gasteiger partial charge on any atom is -0.0162 e. The van der Waals surface area contributed by atoms with Gasteiger partial charge < -0.3 is 0 Å². The first-order valence-corrected chi connectivity index (χ1v) is 13.8. The smallest absolute Gasteiger partial charge is 0.0162 e. The fourth-order valence-electron chi connectivity index (χ4n) is 6.69. The molecule has 0 aromatic heterocycles. The zero-order chi connectivity index (χ0) is 22.2. The van der Waals surface area contributed by atoms with E-state index in [1.807, 2.05) is 0 Å². The van der Waals surface area contributed by atoms with Gasteiger partial charge in [-0.05, 0) is 91.2 Å². The molecule has 0 bridgehead atoms. The standard InChI is InChI=1S/C32H46/c1-3-7-26-10-12-27(13-11-26)14-15-28-16-20-31(21-17-28)32-22-18-29(19-23-32)24-25(2)30-8-5-4-6-9-30/h4-6,8-9,16-17,20-21,25-27,29,32H,3,7,10-15,18-19,22-24H2,1-2H3/t25-,26?,27?,29?,32?/m1/s1. The molecule has 0 unspecified atom stereocenters. The molecule has 32 heavy (non-hydrogen) atoms. The van der Waals surface area contributed by atoms with Crippen LogP contribution in [-0.4, -0.2) is 0 Å². The average Bonchev–Trinajstić information content (AvgIpc) is 2.85. The molecule has 2 aliphatic carbocycles. The van der Waals surface area contributed by atoms with Crippen LogP contribution in [0.5, 0.6) is 0 Å². The molecular formula is C32H46. The van der Waals surface area contributed by atoms with Crippen molar-refractivity contribution in [2.24, 2.45) is 17.8 Å². The number of hydrogen-bond acceptors (Lipinski definition) is 0. The number of hydrogen-bond donors (Lipinski definition) is 0. The Bertz CT molecular complexity index is 757. The quantitative estimate of drug-likeness (QED) is 0.371. The van der Waals surface area contributed by atoms with Gasteiger partial charge >= 0.3 is 0 Å². The van der Waals surface area contributed by atoms with E-state index in [1.54, 1.807) is 11.1 Å². The van der Waals surface area contributed by atoms with Gasteiger partial charge in [-0.2, -0.15) is 0 Å². The Hall–Kier alpha value is -1.56. The summed E-state index contributed by atoms with van der Waals surface area (Å²) in [6, 6.07) is 20.9. The second-order valence-corrected chi connectivity index (χ2v) is 11.2. The van der Waals surface area contributed by atoms with E-state index in [0.29, 0.717) is 5.92 Å². The highest BCUT2D eigenvalue weighted by Gasteiger charge is 2.24. The Morgan fingerprint density at radius 1 is 0.688 bits per heavy atom. The Morgan fingerprint density at radius 3 is 1.91 bits per heavy atom. The molecule has 0 saturated heterocycles. The lowest BCUT2D eigenvalue weighted by Gasteiger charge is -2.30. The van der Waals surface area contributed by atoms with Crippen molar-refractivity contribution in [2.75, 3.05) is 0 Å². The summed E-state index contributed by atoms with van der Waals surface area (Å²) in [5.41, 5.74) is 4.68. The highest BCUT2D eigenvalue weighted by atomic mass is 14.3. The molecule has 174 valence electrons. The molecule has 2 saturated carbocycles. The fourth-order valence-corrected chi connectivity index (χ4v) is 6.69. The molecule has 0 aliphatic heterocycles. The van der Waals surface area contributed by atoms with E-state index in [-0.39, 0.29) is 0 Å². The third-order valence-corrected chi connectivity index (χ3v) is 8.86. The monoisotopic (exact) mass is 430 g/mol. The van der Waals surface area contributed by atoms with E-state index >= 15 is 0 Å². The summed E-state index contributed by atoms with van der Waals surface area (Å²) in [6.45, 7) is 4.75. The van der Waals surface area contributed by atoms with Gasteiger partial charge in [-0.3, -0.25) is 0 Å². The Morgan fingerprint density at radius 2 is 1.28 bits per heavy atom. The van der Waals surface area contributed by atoms with Crippen LogP contribution in [0.3, 0.4) is 0 Å². The molecule has 0 nitrogen and oxygen atoms in total. The normalized spacial score (nSPS) is 27.2. The van der Waals surface area contributed by atoms with E-state index in [1.165, 1.54) is 89.0 Å². The number of rotatable bonds is 9. The van der Waals surface area contributed by atoms with Gasteiger partial charge in [0.2, 0.25) is 0 Å². The minimum Gasteiger partial charge on any atom is -0.0654 e. The lowest BCUT2D eigenvalue weighted by atomic mass is 9.75. The predicted molar refractivity (Wildman–Crippen MR) is 139 cm³/mol. The highest BCUT2D eigenvalue weighted by molar-refractivity contribution is 5.26. The maximum atomic E-state index is 2.46. The van der Waals surface area contributed by atoms with Gasteiger partial charge in [0.1, 0.15) is 0 Å². The van der Waals surface area contributed by atoms with Crippen LogP contribution in [0.15, 0.2) is 54.6 Å². The van der Waals surface area contributed by atoms with Crippen LogP contribution >= 0.6 is 0 Å². The van der Waals surface area contributed by atoms with Gasteiger partial charge in [-0.15, -0.1) is 0 Å². The summed E-state index contributed by atoms with van der Waals surface area (Å²) < 4.78 is 0. The van der Waals surface area contributed by atoms with E-state index < -0.39 is 0 Å². The molecule has 0 radical (unpaired) electrons. The SMILES string of the molecule is CCCC1CCC(CCc2ccc(C3CCC(C[C@@H](C)c4ccccc4)CC3)cc2)CC1. The number of aryl methyl sites for hydroxylation is 1. The lowest BCUT2D eigenvalue weighted by Crippen LogP contribution is -2.15. The molecule has 2 fully saturated rings. The first-order chi connectivity index (χ1) is 15.7. The molecule has 1 atom stereocenters. The van der Waals surface area contributed by atoms with Gasteiger partial charge in [0, 0.05) is 0 Å². The Labute approximate surface area is 198 Å². The van der Waals surface area contributed by atoms with Crippen molar-refractivity contribution in [1.29, 1.82) is 0 Å². The van der Waals surface area contributed by atoms with Gasteiger partial charge in [0.25, 0.3) is 0 Å². The second-order valence-electron chi connectivity index (χ2n) is 11.2. The average molecular weight is 431 g/mol. The van der Waals surface area contributed by atoms with E-state index in [2.05, 4.69) is 68.4 Å². The lowest BCUT2D eigenvalue weighted by molar-refractivity contribution is 0.252. The van der Waals surface area contributed by atoms with Crippen molar-refractivity contribution in [3.05, 3.63) is 71.3 Å². The molecule has 0 heteroatoms. The zero-order valence-electron chi connectivity index (χ0n) is 20.8. The first-order valence-electron chi connectivity index (χ1n) is 13.8. The fraction of sp³-hybridized carbons (Fsp3) is 0.625. The van der Waals surface area contributed by atoms with Crippen molar-refractivity contribution >= 4 is 0 Å². The molecule has 0 N–H and O–H groups in total. The molecule has 0 heterocycles.